The molecule has 0 saturated carbocycles. The average Bonchev–Trinajstić information content (AvgIpc) is 3.45. The molecule has 0 aliphatic carbocycles. The molecule has 2 heterocycles. The molecule has 2 aliphatic rings. The van der Waals surface area contributed by atoms with E-state index in [4.69, 9.17) is 16.3 Å². The van der Waals surface area contributed by atoms with Crippen LogP contribution in [0.1, 0.15) is 30.9 Å². The maximum atomic E-state index is 12.9. The molecular weight excluding hydrogens is 414 g/mol. The van der Waals surface area contributed by atoms with Crippen LogP contribution in [0.4, 0.5) is 5.69 Å². The van der Waals surface area contributed by atoms with Gasteiger partial charge in [-0.1, -0.05) is 23.7 Å². The Hall–Kier alpha value is -2.57. The normalized spacial score (nSPS) is 20.1. The Morgan fingerprint density at radius 2 is 1.81 bits per heavy atom. The largest absolute Gasteiger partial charge is 0.497 e. The van der Waals surface area contributed by atoms with Crippen molar-refractivity contribution in [2.24, 2.45) is 5.92 Å². The highest BCUT2D eigenvalue weighted by Crippen LogP contribution is 2.28. The molecular formula is C24H28ClN3O3. The summed E-state index contributed by atoms with van der Waals surface area (Å²) in [5.74, 6) is 0.370. The molecule has 31 heavy (non-hydrogen) atoms. The summed E-state index contributed by atoms with van der Waals surface area (Å²) in [7, 11) is 1.66. The summed E-state index contributed by atoms with van der Waals surface area (Å²) in [5.41, 5.74) is 1.94. The summed E-state index contributed by atoms with van der Waals surface area (Å²) in [6, 6.07) is 15.3. The maximum absolute atomic E-state index is 12.9. The standard InChI is InChI=1S/C24H28ClN3O3/c1-31-21-10-4-17(5-11-21)22(27-12-2-3-13-27)15-26-24(30)18-14-23(29)28(16-18)20-8-6-19(25)7-9-20/h4-11,18,22H,2-3,12-16H2,1H3,(H,26,30). The van der Waals surface area contributed by atoms with E-state index < -0.39 is 0 Å². The highest BCUT2D eigenvalue weighted by molar-refractivity contribution is 6.30. The van der Waals surface area contributed by atoms with E-state index in [0.29, 0.717) is 18.1 Å². The molecule has 2 saturated heterocycles. The molecule has 0 bridgehead atoms. The fourth-order valence-electron chi connectivity index (χ4n) is 4.43. The summed E-state index contributed by atoms with van der Waals surface area (Å²) in [4.78, 5) is 29.5. The predicted octanol–water partition coefficient (Wildman–Crippen LogP) is 3.65. The van der Waals surface area contributed by atoms with Gasteiger partial charge < -0.3 is 15.0 Å². The van der Waals surface area contributed by atoms with E-state index in [1.807, 2.05) is 24.3 Å². The number of nitrogens with one attached hydrogen (secondary N) is 1. The van der Waals surface area contributed by atoms with E-state index in [-0.39, 0.29) is 30.2 Å². The van der Waals surface area contributed by atoms with Crippen molar-refractivity contribution in [1.29, 1.82) is 0 Å². The molecule has 2 amide bonds. The minimum Gasteiger partial charge on any atom is -0.497 e. The zero-order valence-electron chi connectivity index (χ0n) is 17.7. The van der Waals surface area contributed by atoms with Gasteiger partial charge in [-0.25, -0.2) is 0 Å². The first-order valence-corrected chi connectivity index (χ1v) is 11.1. The number of anilines is 1. The fraction of sp³-hybridized carbons (Fsp3) is 0.417. The second kappa shape index (κ2) is 9.71. The van der Waals surface area contributed by atoms with Crippen molar-refractivity contribution >= 4 is 29.1 Å². The van der Waals surface area contributed by atoms with Gasteiger partial charge in [0.2, 0.25) is 11.8 Å². The van der Waals surface area contributed by atoms with Crippen LogP contribution in [0.25, 0.3) is 0 Å². The number of halogens is 1. The number of hydrogen-bond donors (Lipinski definition) is 1. The second-order valence-electron chi connectivity index (χ2n) is 8.16. The lowest BCUT2D eigenvalue weighted by Gasteiger charge is -2.28. The Labute approximate surface area is 188 Å². The SMILES string of the molecule is COc1ccc(C(CNC(=O)C2CC(=O)N(c3ccc(Cl)cc3)C2)N2CCCC2)cc1. The van der Waals surface area contributed by atoms with E-state index >= 15 is 0 Å². The third kappa shape index (κ3) is 5.02. The van der Waals surface area contributed by atoms with Crippen molar-refractivity contribution < 1.29 is 14.3 Å². The zero-order valence-corrected chi connectivity index (χ0v) is 18.5. The van der Waals surface area contributed by atoms with Crippen LogP contribution < -0.4 is 15.0 Å². The van der Waals surface area contributed by atoms with Gasteiger partial charge in [-0.3, -0.25) is 14.5 Å². The molecule has 4 rings (SSSR count). The molecule has 164 valence electrons. The summed E-state index contributed by atoms with van der Waals surface area (Å²) < 4.78 is 5.28. The van der Waals surface area contributed by atoms with Gasteiger partial charge in [0, 0.05) is 30.2 Å². The van der Waals surface area contributed by atoms with Gasteiger partial charge >= 0.3 is 0 Å². The highest BCUT2D eigenvalue weighted by Gasteiger charge is 2.35. The zero-order chi connectivity index (χ0) is 21.8. The molecule has 2 unspecified atom stereocenters. The Balaban J connectivity index is 1.40. The molecule has 1 N–H and O–H groups in total. The smallest absolute Gasteiger partial charge is 0.227 e. The summed E-state index contributed by atoms with van der Waals surface area (Å²) in [6.45, 7) is 2.97. The van der Waals surface area contributed by atoms with E-state index in [1.54, 1.807) is 24.1 Å². The Kier molecular flexibility index (Phi) is 6.78. The summed E-state index contributed by atoms with van der Waals surface area (Å²) in [5, 5.41) is 3.74. The number of nitrogens with zero attached hydrogens (tertiary/aromatic N) is 2. The first-order valence-electron chi connectivity index (χ1n) is 10.8. The highest BCUT2D eigenvalue weighted by atomic mass is 35.5. The van der Waals surface area contributed by atoms with Crippen LogP contribution in [0.2, 0.25) is 5.02 Å². The van der Waals surface area contributed by atoms with Gasteiger partial charge in [-0.2, -0.15) is 0 Å². The van der Waals surface area contributed by atoms with Crippen molar-refractivity contribution in [1.82, 2.24) is 10.2 Å². The van der Waals surface area contributed by atoms with Gasteiger partial charge in [0.25, 0.3) is 0 Å². The topological polar surface area (TPSA) is 61.9 Å². The number of ether oxygens (including phenoxy) is 1. The van der Waals surface area contributed by atoms with Crippen LogP contribution in [0.15, 0.2) is 48.5 Å². The van der Waals surface area contributed by atoms with Crippen LogP contribution in [0.5, 0.6) is 5.75 Å². The lowest BCUT2D eigenvalue weighted by Crippen LogP contribution is -2.40. The van der Waals surface area contributed by atoms with Crippen LogP contribution in [0.3, 0.4) is 0 Å². The lowest BCUT2D eigenvalue weighted by molar-refractivity contribution is -0.126. The van der Waals surface area contributed by atoms with Gasteiger partial charge in [0.1, 0.15) is 5.75 Å². The fourth-order valence-corrected chi connectivity index (χ4v) is 4.56. The van der Waals surface area contributed by atoms with E-state index in [9.17, 15) is 9.59 Å². The molecule has 2 aromatic rings. The Bertz CT molecular complexity index is 911. The molecule has 2 aliphatic heterocycles. The number of hydrogen-bond acceptors (Lipinski definition) is 4. The minimum atomic E-state index is -0.349. The number of rotatable bonds is 7. The van der Waals surface area contributed by atoms with Crippen LogP contribution in [0, 0.1) is 5.92 Å². The van der Waals surface area contributed by atoms with Crippen LogP contribution >= 0.6 is 11.6 Å². The molecule has 0 aromatic heterocycles. The van der Waals surface area contributed by atoms with Crippen molar-refractivity contribution in [3.05, 3.63) is 59.1 Å². The van der Waals surface area contributed by atoms with Crippen LogP contribution in [-0.2, 0) is 9.59 Å². The predicted molar refractivity (Wildman–Crippen MR) is 121 cm³/mol. The van der Waals surface area contributed by atoms with Gasteiger partial charge in [-0.15, -0.1) is 0 Å². The van der Waals surface area contributed by atoms with E-state index in [2.05, 4.69) is 22.3 Å². The third-order valence-corrected chi connectivity index (χ3v) is 6.44. The monoisotopic (exact) mass is 441 g/mol. The van der Waals surface area contributed by atoms with Crippen molar-refractivity contribution in [3.63, 3.8) is 0 Å². The third-order valence-electron chi connectivity index (χ3n) is 6.19. The van der Waals surface area contributed by atoms with Crippen molar-refractivity contribution in [2.75, 3.05) is 38.2 Å². The average molecular weight is 442 g/mol. The number of methoxy groups -OCH3 is 1. The number of amides is 2. The lowest BCUT2D eigenvalue weighted by atomic mass is 10.0. The molecule has 2 aromatic carbocycles. The first kappa shape index (κ1) is 21.7. The Morgan fingerprint density at radius 1 is 1.13 bits per heavy atom. The number of carbonyl (C=O) groups excluding carboxylic acids is 2. The van der Waals surface area contributed by atoms with Gasteiger partial charge in [0.05, 0.1) is 19.1 Å². The van der Waals surface area contributed by atoms with E-state index in [0.717, 1.165) is 30.1 Å². The number of benzene rings is 2. The quantitative estimate of drug-likeness (QED) is 0.712. The molecule has 6 nitrogen and oxygen atoms in total. The van der Waals surface area contributed by atoms with E-state index in [1.165, 1.54) is 12.8 Å². The number of likely N-dealkylation sites (tertiary alicyclic amines) is 1. The Morgan fingerprint density at radius 3 is 2.45 bits per heavy atom. The summed E-state index contributed by atoms with van der Waals surface area (Å²) >= 11 is 5.95. The van der Waals surface area contributed by atoms with Crippen LogP contribution in [-0.4, -0.2) is 50.0 Å². The first-order chi connectivity index (χ1) is 15.0. The molecule has 7 heteroatoms. The van der Waals surface area contributed by atoms with Crippen molar-refractivity contribution in [2.45, 2.75) is 25.3 Å². The molecule has 0 radical (unpaired) electrons. The minimum absolute atomic E-state index is 0.0336. The molecule has 2 atom stereocenters. The second-order valence-corrected chi connectivity index (χ2v) is 8.60. The maximum Gasteiger partial charge on any atom is 0.227 e. The van der Waals surface area contributed by atoms with Gasteiger partial charge in [0.15, 0.2) is 0 Å². The van der Waals surface area contributed by atoms with Crippen molar-refractivity contribution in [3.8, 4) is 5.75 Å². The molecule has 2 fully saturated rings. The number of carbonyl (C=O) groups is 2. The van der Waals surface area contributed by atoms with Gasteiger partial charge in [-0.05, 0) is 67.9 Å². The summed E-state index contributed by atoms with van der Waals surface area (Å²) in [6.07, 6.45) is 2.58. The molecule has 0 spiro atoms.